The van der Waals surface area contributed by atoms with Gasteiger partial charge in [-0.25, -0.2) is 14.4 Å². The number of hydrogen-bond donors (Lipinski definition) is 2. The summed E-state index contributed by atoms with van der Waals surface area (Å²) in [6, 6.07) is 9.99. The van der Waals surface area contributed by atoms with Crippen molar-refractivity contribution in [2.24, 2.45) is 0 Å². The predicted molar refractivity (Wildman–Crippen MR) is 126 cm³/mol. The molecule has 5 rings (SSSR count). The molecule has 9 heteroatoms. The van der Waals surface area contributed by atoms with Crippen LogP contribution >= 0.6 is 11.3 Å². The third-order valence-electron chi connectivity index (χ3n) is 5.95. The first-order valence-electron chi connectivity index (χ1n) is 11.2. The quantitative estimate of drug-likeness (QED) is 0.523. The summed E-state index contributed by atoms with van der Waals surface area (Å²) in [7, 11) is 0. The molecule has 2 aliphatic rings. The van der Waals surface area contributed by atoms with Crippen molar-refractivity contribution in [2.45, 2.75) is 32.2 Å². The number of thiophene rings is 1. The molecule has 0 saturated heterocycles. The summed E-state index contributed by atoms with van der Waals surface area (Å²) in [5, 5.41) is 8.00. The van der Waals surface area contributed by atoms with Crippen molar-refractivity contribution < 1.29 is 23.9 Å². The molecule has 0 radical (unpaired) electrons. The molecule has 2 N–H and O–H groups in total. The van der Waals surface area contributed by atoms with Crippen LogP contribution in [0, 0.1) is 0 Å². The number of fused-ring (bicyclic) bond motifs is 2. The van der Waals surface area contributed by atoms with Gasteiger partial charge >= 0.3 is 18.0 Å². The average Bonchev–Trinajstić information content (AvgIpc) is 3.52. The molecule has 0 saturated carbocycles. The highest BCUT2D eigenvalue weighted by Crippen LogP contribution is 2.32. The van der Waals surface area contributed by atoms with Crippen LogP contribution in [0.15, 0.2) is 53.0 Å². The predicted octanol–water partition coefficient (Wildman–Crippen LogP) is 3.81. The minimum atomic E-state index is -0.687. The molecule has 2 aromatic heterocycles. The van der Waals surface area contributed by atoms with Crippen molar-refractivity contribution in [3.63, 3.8) is 0 Å². The fourth-order valence-electron chi connectivity index (χ4n) is 4.50. The number of ether oxygens (including phenoxy) is 2. The van der Waals surface area contributed by atoms with E-state index < -0.39 is 24.0 Å². The van der Waals surface area contributed by atoms with E-state index in [-0.39, 0.29) is 24.5 Å². The number of pyridine rings is 1. The van der Waals surface area contributed by atoms with Crippen molar-refractivity contribution in [3.8, 4) is 0 Å². The molecule has 34 heavy (non-hydrogen) atoms. The molecule has 2 amide bonds. The minimum absolute atomic E-state index is 0.176. The average molecular weight is 478 g/mol. The van der Waals surface area contributed by atoms with E-state index in [1.807, 2.05) is 41.8 Å². The van der Waals surface area contributed by atoms with Gasteiger partial charge in [0.05, 0.1) is 35.0 Å². The number of amides is 2. The van der Waals surface area contributed by atoms with Crippen LogP contribution in [0.3, 0.4) is 0 Å². The Morgan fingerprint density at radius 2 is 1.97 bits per heavy atom. The highest BCUT2D eigenvalue weighted by molar-refractivity contribution is 7.10. The molecule has 1 aromatic carbocycles. The zero-order valence-corrected chi connectivity index (χ0v) is 19.4. The summed E-state index contributed by atoms with van der Waals surface area (Å²) in [4.78, 5) is 44.1. The molecule has 1 aliphatic carbocycles. The van der Waals surface area contributed by atoms with Crippen LogP contribution in [0.2, 0.25) is 0 Å². The van der Waals surface area contributed by atoms with Gasteiger partial charge in [0.1, 0.15) is 6.61 Å². The zero-order valence-electron chi connectivity index (χ0n) is 18.6. The number of urea groups is 1. The lowest BCUT2D eigenvalue weighted by atomic mass is 10.0. The van der Waals surface area contributed by atoms with Crippen LogP contribution in [-0.2, 0) is 27.1 Å². The maximum Gasteiger partial charge on any atom is 0.339 e. The Morgan fingerprint density at radius 3 is 2.76 bits per heavy atom. The van der Waals surface area contributed by atoms with Crippen molar-refractivity contribution in [1.82, 2.24) is 15.6 Å². The Morgan fingerprint density at radius 1 is 1.12 bits per heavy atom. The summed E-state index contributed by atoms with van der Waals surface area (Å²) >= 11 is 1.41. The Balaban J connectivity index is 1.50. The van der Waals surface area contributed by atoms with Crippen LogP contribution in [0.5, 0.6) is 0 Å². The third kappa shape index (κ3) is 4.03. The number of esters is 2. The van der Waals surface area contributed by atoms with Gasteiger partial charge < -0.3 is 20.1 Å². The SMILES string of the molecule is CCOC(=O)C1=C(COC(=O)c2c3c(nc4ccccc24)CCC3)NC(=O)N[C@@H]1c1cccs1. The van der Waals surface area contributed by atoms with Crippen LogP contribution in [0.1, 0.15) is 45.9 Å². The van der Waals surface area contributed by atoms with Gasteiger partial charge in [-0.05, 0) is 49.3 Å². The third-order valence-corrected chi connectivity index (χ3v) is 6.88. The van der Waals surface area contributed by atoms with E-state index >= 15 is 0 Å². The van der Waals surface area contributed by atoms with Gasteiger partial charge in [-0.2, -0.15) is 0 Å². The monoisotopic (exact) mass is 477 g/mol. The first-order valence-corrected chi connectivity index (χ1v) is 12.0. The molecule has 0 unspecified atom stereocenters. The topological polar surface area (TPSA) is 107 Å². The molecule has 0 bridgehead atoms. The number of carbonyl (C=O) groups excluding carboxylic acids is 3. The number of carbonyl (C=O) groups is 3. The second-order valence-electron chi connectivity index (χ2n) is 8.02. The Bertz CT molecular complexity index is 1320. The number of aromatic nitrogens is 1. The van der Waals surface area contributed by atoms with Gasteiger partial charge in [-0.15, -0.1) is 11.3 Å². The van der Waals surface area contributed by atoms with Crippen LogP contribution in [0.25, 0.3) is 10.9 Å². The Labute approximate surface area is 200 Å². The molecule has 0 fully saturated rings. The number of para-hydroxylation sites is 1. The number of benzene rings is 1. The van der Waals surface area contributed by atoms with Gasteiger partial charge in [-0.3, -0.25) is 4.98 Å². The number of nitrogens with one attached hydrogen (secondary N) is 2. The summed E-state index contributed by atoms with van der Waals surface area (Å²) in [6.45, 7) is 1.62. The van der Waals surface area contributed by atoms with Gasteiger partial charge in [0.25, 0.3) is 0 Å². The van der Waals surface area contributed by atoms with Crippen molar-refractivity contribution >= 4 is 40.2 Å². The minimum Gasteiger partial charge on any atom is -0.463 e. The lowest BCUT2D eigenvalue weighted by molar-refractivity contribution is -0.139. The molecule has 3 aromatic rings. The van der Waals surface area contributed by atoms with Gasteiger partial charge in [0.15, 0.2) is 0 Å². The van der Waals surface area contributed by atoms with Gasteiger partial charge in [0.2, 0.25) is 0 Å². The molecule has 0 spiro atoms. The summed E-state index contributed by atoms with van der Waals surface area (Å²) < 4.78 is 11.0. The summed E-state index contributed by atoms with van der Waals surface area (Å²) in [6.07, 6.45) is 2.51. The molecular weight excluding hydrogens is 454 g/mol. The zero-order chi connectivity index (χ0) is 23.7. The van der Waals surface area contributed by atoms with E-state index in [0.29, 0.717) is 5.56 Å². The lowest BCUT2D eigenvalue weighted by Crippen LogP contribution is -2.47. The second-order valence-corrected chi connectivity index (χ2v) is 9.00. The van der Waals surface area contributed by atoms with Crippen molar-refractivity contribution in [2.75, 3.05) is 13.2 Å². The second kappa shape index (κ2) is 9.26. The summed E-state index contributed by atoms with van der Waals surface area (Å²) in [5.74, 6) is -1.08. The first-order chi connectivity index (χ1) is 16.6. The highest BCUT2D eigenvalue weighted by Gasteiger charge is 2.35. The molecule has 1 aliphatic heterocycles. The van der Waals surface area contributed by atoms with Gasteiger partial charge in [-0.1, -0.05) is 24.3 Å². The number of rotatable bonds is 6. The van der Waals surface area contributed by atoms with E-state index in [2.05, 4.69) is 10.6 Å². The fraction of sp³-hybridized carbons (Fsp3) is 0.280. The van der Waals surface area contributed by atoms with Crippen LogP contribution < -0.4 is 10.6 Å². The molecule has 174 valence electrons. The molecule has 1 atom stereocenters. The Hall–Kier alpha value is -3.72. The maximum absolute atomic E-state index is 13.3. The van der Waals surface area contributed by atoms with E-state index in [0.717, 1.165) is 46.3 Å². The number of aryl methyl sites for hydroxylation is 1. The summed E-state index contributed by atoms with van der Waals surface area (Å²) in [5.41, 5.74) is 3.52. The van der Waals surface area contributed by atoms with Crippen LogP contribution in [-0.4, -0.2) is 36.2 Å². The van der Waals surface area contributed by atoms with Crippen LogP contribution in [0.4, 0.5) is 4.79 Å². The van der Waals surface area contributed by atoms with E-state index in [9.17, 15) is 14.4 Å². The standard InChI is InChI=1S/C25H23N3O5S/c1-2-32-24(30)21-18(27-25(31)28-22(21)19-11-6-12-34-19)13-33-23(29)20-14-7-3-4-9-16(14)26-17-10-5-8-15(17)20/h3-4,6-7,9,11-12,22H,2,5,8,10,13H2,1H3,(H2,27,28,31)/t22-/m1/s1. The molecule has 8 nitrogen and oxygen atoms in total. The smallest absolute Gasteiger partial charge is 0.339 e. The Kier molecular flexibility index (Phi) is 6.02. The van der Waals surface area contributed by atoms with E-state index in [4.69, 9.17) is 14.5 Å². The normalized spacial score (nSPS) is 17.2. The van der Waals surface area contributed by atoms with E-state index in [1.165, 1.54) is 11.3 Å². The van der Waals surface area contributed by atoms with Crippen molar-refractivity contribution in [3.05, 3.63) is 74.7 Å². The number of nitrogens with zero attached hydrogens (tertiary/aromatic N) is 1. The highest BCUT2D eigenvalue weighted by atomic mass is 32.1. The largest absolute Gasteiger partial charge is 0.463 e. The lowest BCUT2D eigenvalue weighted by Gasteiger charge is -2.28. The van der Waals surface area contributed by atoms with Gasteiger partial charge in [0, 0.05) is 16.0 Å². The van der Waals surface area contributed by atoms with Crippen molar-refractivity contribution in [1.29, 1.82) is 0 Å². The number of hydrogen-bond acceptors (Lipinski definition) is 7. The molecular formula is C25H23N3O5S. The fourth-order valence-corrected chi connectivity index (χ4v) is 5.29. The maximum atomic E-state index is 13.3. The molecule has 3 heterocycles. The first kappa shape index (κ1) is 22.1. The van der Waals surface area contributed by atoms with E-state index in [1.54, 1.807) is 6.92 Å².